The van der Waals surface area contributed by atoms with Crippen LogP contribution in [0.3, 0.4) is 0 Å². The lowest BCUT2D eigenvalue weighted by molar-refractivity contribution is -0.154. The monoisotopic (exact) mass is 404 g/mol. The summed E-state index contributed by atoms with van der Waals surface area (Å²) < 4.78 is 18.2. The van der Waals surface area contributed by atoms with Crippen molar-refractivity contribution in [3.63, 3.8) is 0 Å². The van der Waals surface area contributed by atoms with Gasteiger partial charge in [-0.2, -0.15) is 0 Å². The number of likely N-dealkylation sites (tertiary alicyclic amines) is 1. The molecular formula is C22H29FN2O4. The number of amides is 2. The van der Waals surface area contributed by atoms with Crippen LogP contribution in [-0.4, -0.2) is 48.4 Å². The Hall–Kier alpha value is -2.44. The van der Waals surface area contributed by atoms with Crippen LogP contribution in [0.4, 0.5) is 4.39 Å². The maximum atomic E-state index is 13.0. The van der Waals surface area contributed by atoms with Crippen LogP contribution in [0.2, 0.25) is 0 Å². The lowest BCUT2D eigenvalue weighted by atomic mass is 9.86. The fraction of sp³-hybridized carbons (Fsp3) is 0.591. The molecule has 1 aromatic rings. The van der Waals surface area contributed by atoms with Crippen LogP contribution >= 0.6 is 0 Å². The number of carbonyl (C=O) groups excluding carboxylic acids is 3. The van der Waals surface area contributed by atoms with Gasteiger partial charge in [0.05, 0.1) is 5.92 Å². The zero-order valence-electron chi connectivity index (χ0n) is 16.9. The number of nitrogens with one attached hydrogen (secondary N) is 1. The summed E-state index contributed by atoms with van der Waals surface area (Å²) in [5, 5.41) is 2.98. The van der Waals surface area contributed by atoms with E-state index in [0.717, 1.165) is 19.3 Å². The minimum absolute atomic E-state index is 0.163. The Labute approximate surface area is 170 Å². The number of rotatable bonds is 5. The van der Waals surface area contributed by atoms with Crippen molar-refractivity contribution >= 4 is 17.8 Å². The average Bonchev–Trinajstić information content (AvgIpc) is 2.74. The molecule has 0 unspecified atom stereocenters. The van der Waals surface area contributed by atoms with E-state index >= 15 is 0 Å². The van der Waals surface area contributed by atoms with Crippen LogP contribution < -0.4 is 5.32 Å². The topological polar surface area (TPSA) is 75.7 Å². The Kier molecular flexibility index (Phi) is 7.23. The van der Waals surface area contributed by atoms with E-state index in [2.05, 4.69) is 12.2 Å². The molecule has 1 saturated carbocycles. The maximum absolute atomic E-state index is 13.0. The summed E-state index contributed by atoms with van der Waals surface area (Å²) in [5.41, 5.74) is 0.432. The number of ether oxygens (including phenoxy) is 1. The van der Waals surface area contributed by atoms with Gasteiger partial charge in [-0.15, -0.1) is 0 Å². The molecule has 2 aliphatic rings. The molecule has 0 aromatic heterocycles. The molecule has 6 nitrogen and oxygen atoms in total. The van der Waals surface area contributed by atoms with Crippen LogP contribution in [0.15, 0.2) is 24.3 Å². The summed E-state index contributed by atoms with van der Waals surface area (Å²) >= 11 is 0. The van der Waals surface area contributed by atoms with Gasteiger partial charge in [-0.3, -0.25) is 14.4 Å². The van der Waals surface area contributed by atoms with E-state index in [1.165, 1.54) is 30.7 Å². The summed E-state index contributed by atoms with van der Waals surface area (Å²) in [7, 11) is 0. The van der Waals surface area contributed by atoms with Crippen LogP contribution in [0.25, 0.3) is 0 Å². The second kappa shape index (κ2) is 9.85. The van der Waals surface area contributed by atoms with Crippen molar-refractivity contribution in [2.75, 3.05) is 19.7 Å². The van der Waals surface area contributed by atoms with Crippen molar-refractivity contribution in [3.8, 4) is 0 Å². The molecule has 7 heteroatoms. The Bertz CT molecular complexity index is 729. The zero-order valence-corrected chi connectivity index (χ0v) is 16.9. The van der Waals surface area contributed by atoms with Crippen LogP contribution in [-0.2, 0) is 14.3 Å². The predicted molar refractivity (Wildman–Crippen MR) is 106 cm³/mol. The smallest absolute Gasteiger partial charge is 0.309 e. The Morgan fingerprint density at radius 2 is 1.72 bits per heavy atom. The summed E-state index contributed by atoms with van der Waals surface area (Å²) in [6.07, 6.45) is 5.39. The van der Waals surface area contributed by atoms with E-state index < -0.39 is 0 Å². The number of piperidine rings is 1. The molecule has 0 radical (unpaired) electrons. The molecular weight excluding hydrogens is 375 g/mol. The summed E-state index contributed by atoms with van der Waals surface area (Å²) in [4.78, 5) is 38.5. The molecule has 1 heterocycles. The van der Waals surface area contributed by atoms with E-state index in [0.29, 0.717) is 37.4 Å². The first-order valence-electron chi connectivity index (χ1n) is 10.4. The number of nitrogens with zero attached hydrogens (tertiary/aromatic N) is 1. The molecule has 0 bridgehead atoms. The number of halogens is 1. The normalized spacial score (nSPS) is 22.8. The first-order valence-corrected chi connectivity index (χ1v) is 10.4. The van der Waals surface area contributed by atoms with Crippen molar-refractivity contribution in [1.82, 2.24) is 10.2 Å². The molecule has 158 valence electrons. The van der Waals surface area contributed by atoms with Gasteiger partial charge in [0, 0.05) is 24.7 Å². The third-order valence-corrected chi connectivity index (χ3v) is 6.01. The number of benzene rings is 1. The molecule has 1 aliphatic carbocycles. The molecule has 2 amide bonds. The maximum Gasteiger partial charge on any atom is 0.309 e. The highest BCUT2D eigenvalue weighted by Gasteiger charge is 2.29. The average molecular weight is 404 g/mol. The van der Waals surface area contributed by atoms with E-state index in [1.54, 1.807) is 4.90 Å². The van der Waals surface area contributed by atoms with Crippen molar-refractivity contribution < 1.29 is 23.5 Å². The second-order valence-electron chi connectivity index (χ2n) is 8.12. The van der Waals surface area contributed by atoms with Gasteiger partial charge in [-0.05, 0) is 55.9 Å². The molecule has 2 atom stereocenters. The number of hydrogen-bond acceptors (Lipinski definition) is 4. The van der Waals surface area contributed by atoms with E-state index in [-0.39, 0.29) is 42.2 Å². The van der Waals surface area contributed by atoms with Crippen molar-refractivity contribution in [2.24, 2.45) is 11.8 Å². The van der Waals surface area contributed by atoms with Gasteiger partial charge in [0.15, 0.2) is 6.61 Å². The Morgan fingerprint density at radius 1 is 1.07 bits per heavy atom. The van der Waals surface area contributed by atoms with E-state index in [4.69, 9.17) is 4.74 Å². The molecule has 1 aliphatic heterocycles. The van der Waals surface area contributed by atoms with Gasteiger partial charge in [0.1, 0.15) is 5.82 Å². The number of esters is 1. The van der Waals surface area contributed by atoms with E-state index in [9.17, 15) is 18.8 Å². The molecule has 0 spiro atoms. The van der Waals surface area contributed by atoms with Gasteiger partial charge in [-0.1, -0.05) is 19.8 Å². The van der Waals surface area contributed by atoms with Gasteiger partial charge in [0.25, 0.3) is 11.8 Å². The van der Waals surface area contributed by atoms with Crippen molar-refractivity contribution in [3.05, 3.63) is 35.6 Å². The Morgan fingerprint density at radius 3 is 2.38 bits per heavy atom. The minimum atomic E-state index is -0.384. The lowest BCUT2D eigenvalue weighted by Gasteiger charge is -2.31. The van der Waals surface area contributed by atoms with Crippen molar-refractivity contribution in [2.45, 2.75) is 51.5 Å². The summed E-state index contributed by atoms with van der Waals surface area (Å²) in [6, 6.07) is 5.61. The summed E-state index contributed by atoms with van der Waals surface area (Å²) in [6.45, 7) is 2.75. The SMILES string of the molecule is C[C@H]1CCCC[C@H]1NC(=O)COC(=O)C1CCN(C(=O)c2ccc(F)cc2)CC1. The van der Waals surface area contributed by atoms with Gasteiger partial charge in [0.2, 0.25) is 0 Å². The van der Waals surface area contributed by atoms with Crippen LogP contribution in [0.1, 0.15) is 55.8 Å². The van der Waals surface area contributed by atoms with Crippen molar-refractivity contribution in [1.29, 1.82) is 0 Å². The number of hydrogen-bond donors (Lipinski definition) is 1. The molecule has 29 heavy (non-hydrogen) atoms. The molecule has 2 fully saturated rings. The fourth-order valence-electron chi connectivity index (χ4n) is 4.13. The zero-order chi connectivity index (χ0) is 20.8. The highest BCUT2D eigenvalue weighted by Crippen LogP contribution is 2.24. The minimum Gasteiger partial charge on any atom is -0.455 e. The highest BCUT2D eigenvalue weighted by atomic mass is 19.1. The third-order valence-electron chi connectivity index (χ3n) is 6.01. The predicted octanol–water partition coefficient (Wildman–Crippen LogP) is 2.92. The molecule has 3 rings (SSSR count). The van der Waals surface area contributed by atoms with Crippen LogP contribution in [0.5, 0.6) is 0 Å². The summed E-state index contributed by atoms with van der Waals surface area (Å²) in [5.74, 6) is -1.05. The van der Waals surface area contributed by atoms with Crippen LogP contribution in [0, 0.1) is 17.7 Å². The molecule has 1 N–H and O–H groups in total. The quantitative estimate of drug-likeness (QED) is 0.766. The lowest BCUT2D eigenvalue weighted by Crippen LogP contribution is -2.44. The number of carbonyl (C=O) groups is 3. The van der Waals surface area contributed by atoms with Gasteiger partial charge in [-0.25, -0.2) is 4.39 Å². The highest BCUT2D eigenvalue weighted by molar-refractivity contribution is 5.94. The van der Waals surface area contributed by atoms with Gasteiger partial charge >= 0.3 is 5.97 Å². The van der Waals surface area contributed by atoms with E-state index in [1.807, 2.05) is 0 Å². The van der Waals surface area contributed by atoms with Gasteiger partial charge < -0.3 is 15.0 Å². The first kappa shape index (κ1) is 21.3. The largest absolute Gasteiger partial charge is 0.455 e. The standard InChI is InChI=1S/C22H29FN2O4/c1-15-4-2-3-5-19(15)24-20(26)14-29-22(28)17-10-12-25(13-11-17)21(27)16-6-8-18(23)9-7-16/h6-9,15,17,19H,2-5,10-14H2,1H3,(H,24,26)/t15-,19+/m0/s1. The third kappa shape index (κ3) is 5.78. The molecule has 1 aromatic carbocycles. The first-order chi connectivity index (χ1) is 13.9. The Balaban J connectivity index is 1.40. The molecule has 1 saturated heterocycles. The second-order valence-corrected chi connectivity index (χ2v) is 8.12. The fourth-order valence-corrected chi connectivity index (χ4v) is 4.13.